The largest absolute Gasteiger partial charge is 0.320 e. The van der Waals surface area contributed by atoms with E-state index in [-0.39, 0.29) is 11.8 Å². The van der Waals surface area contributed by atoms with E-state index < -0.39 is 6.04 Å². The maximum Gasteiger partial charge on any atom is 0.243 e. The lowest BCUT2D eigenvalue weighted by atomic mass is 10.0. The number of hydrogen-bond acceptors (Lipinski definition) is 5. The molecule has 5 nitrogen and oxygen atoms in total. The summed E-state index contributed by atoms with van der Waals surface area (Å²) in [5.41, 5.74) is 6.87. The minimum Gasteiger partial charge on any atom is -0.320 e. The molecule has 3 N–H and O–H groups in total. The molecule has 0 spiro atoms. The van der Waals surface area contributed by atoms with Gasteiger partial charge in [-0.1, -0.05) is 20.8 Å². The third-order valence-corrected chi connectivity index (χ3v) is 4.74. The molecule has 0 radical (unpaired) electrons. The van der Waals surface area contributed by atoms with Crippen LogP contribution in [0, 0.1) is 11.8 Å². The molecule has 1 aliphatic heterocycles. The zero-order valence-corrected chi connectivity index (χ0v) is 13.9. The van der Waals surface area contributed by atoms with E-state index in [4.69, 9.17) is 5.73 Å². The standard InChI is InChI=1S/C15H26N4OS/c1-10(2)13(16)14(20)18-15-17-12(9-21-15)8-19-6-4-5-11(3)7-19/h9-11,13H,4-8,16H2,1-3H3,(H,17,18,20)/t11?,13-/m0/s1. The normalized spacial score (nSPS) is 21.5. The van der Waals surface area contributed by atoms with Gasteiger partial charge in [0.25, 0.3) is 0 Å². The van der Waals surface area contributed by atoms with Gasteiger partial charge in [0.15, 0.2) is 5.13 Å². The number of anilines is 1. The van der Waals surface area contributed by atoms with Crippen LogP contribution in [0.5, 0.6) is 0 Å². The van der Waals surface area contributed by atoms with E-state index in [2.05, 4.69) is 22.1 Å². The summed E-state index contributed by atoms with van der Waals surface area (Å²) >= 11 is 1.47. The second-order valence-electron chi connectivity index (χ2n) is 6.39. The zero-order valence-electron chi connectivity index (χ0n) is 13.1. The first-order valence-electron chi connectivity index (χ1n) is 7.69. The first-order chi connectivity index (χ1) is 9.95. The number of amides is 1. The van der Waals surface area contributed by atoms with Crippen molar-refractivity contribution in [2.24, 2.45) is 17.6 Å². The average Bonchev–Trinajstić information content (AvgIpc) is 2.84. The molecule has 0 aliphatic carbocycles. The molecule has 0 aromatic carbocycles. The molecule has 0 saturated carbocycles. The van der Waals surface area contributed by atoms with E-state index >= 15 is 0 Å². The highest BCUT2D eigenvalue weighted by atomic mass is 32.1. The molecule has 1 unspecified atom stereocenters. The van der Waals surface area contributed by atoms with Crippen LogP contribution in [0.25, 0.3) is 0 Å². The predicted molar refractivity (Wildman–Crippen MR) is 87.2 cm³/mol. The van der Waals surface area contributed by atoms with Crippen molar-refractivity contribution in [1.29, 1.82) is 0 Å². The molecule has 1 aromatic rings. The quantitative estimate of drug-likeness (QED) is 0.875. The number of nitrogens with one attached hydrogen (secondary N) is 1. The molecule has 0 bridgehead atoms. The molecular formula is C15H26N4OS. The molecule has 2 rings (SSSR count). The molecule has 1 fully saturated rings. The predicted octanol–water partition coefficient (Wildman–Crippen LogP) is 2.30. The Morgan fingerprint density at radius 1 is 1.62 bits per heavy atom. The lowest BCUT2D eigenvalue weighted by molar-refractivity contribution is -0.118. The summed E-state index contributed by atoms with van der Waals surface area (Å²) in [6.07, 6.45) is 2.58. The van der Waals surface area contributed by atoms with Gasteiger partial charge in [-0.25, -0.2) is 4.98 Å². The van der Waals surface area contributed by atoms with Gasteiger partial charge in [-0.15, -0.1) is 11.3 Å². The van der Waals surface area contributed by atoms with Crippen molar-refractivity contribution >= 4 is 22.4 Å². The number of piperidine rings is 1. The number of hydrogen-bond donors (Lipinski definition) is 2. The van der Waals surface area contributed by atoms with Crippen LogP contribution in [0.4, 0.5) is 5.13 Å². The van der Waals surface area contributed by atoms with E-state index in [1.165, 1.54) is 24.2 Å². The highest BCUT2D eigenvalue weighted by molar-refractivity contribution is 7.13. The number of carbonyl (C=O) groups is 1. The maximum absolute atomic E-state index is 11.9. The van der Waals surface area contributed by atoms with E-state index in [1.807, 2.05) is 19.2 Å². The number of carbonyl (C=O) groups excluding carboxylic acids is 1. The maximum atomic E-state index is 11.9. The SMILES string of the molecule is CC1CCCN(Cc2csc(NC(=O)[C@@H](N)C(C)C)n2)C1. The van der Waals surface area contributed by atoms with Gasteiger partial charge in [-0.05, 0) is 31.2 Å². The molecule has 2 atom stereocenters. The van der Waals surface area contributed by atoms with Gasteiger partial charge in [0, 0.05) is 18.5 Å². The van der Waals surface area contributed by atoms with E-state index in [9.17, 15) is 4.79 Å². The summed E-state index contributed by atoms with van der Waals surface area (Å²) in [6.45, 7) is 9.32. The number of nitrogens with two attached hydrogens (primary N) is 1. The van der Waals surface area contributed by atoms with Crippen molar-refractivity contribution in [1.82, 2.24) is 9.88 Å². The smallest absolute Gasteiger partial charge is 0.243 e. The molecule has 1 amide bonds. The van der Waals surface area contributed by atoms with Crippen molar-refractivity contribution in [3.8, 4) is 0 Å². The molecule has 1 aliphatic rings. The van der Waals surface area contributed by atoms with Crippen LogP contribution in [0.2, 0.25) is 0 Å². The van der Waals surface area contributed by atoms with Crippen molar-refractivity contribution in [2.45, 2.75) is 46.2 Å². The number of nitrogens with zero attached hydrogens (tertiary/aromatic N) is 2. The lowest BCUT2D eigenvalue weighted by Gasteiger charge is -2.30. The number of likely N-dealkylation sites (tertiary alicyclic amines) is 1. The molecular weight excluding hydrogens is 284 g/mol. The zero-order chi connectivity index (χ0) is 15.4. The van der Waals surface area contributed by atoms with Crippen LogP contribution >= 0.6 is 11.3 Å². The number of thiazole rings is 1. The second-order valence-corrected chi connectivity index (χ2v) is 7.24. The van der Waals surface area contributed by atoms with Crippen molar-refractivity contribution in [3.05, 3.63) is 11.1 Å². The number of aromatic nitrogens is 1. The Bertz CT molecular complexity index is 474. The van der Waals surface area contributed by atoms with Crippen LogP contribution < -0.4 is 11.1 Å². The van der Waals surface area contributed by atoms with Crippen molar-refractivity contribution < 1.29 is 4.79 Å². The van der Waals surface area contributed by atoms with E-state index in [1.54, 1.807) is 0 Å². The summed E-state index contributed by atoms with van der Waals surface area (Å²) in [4.78, 5) is 18.9. The van der Waals surface area contributed by atoms with Gasteiger partial charge in [0.1, 0.15) is 0 Å². The third kappa shape index (κ3) is 4.76. The number of rotatable bonds is 5. The fraction of sp³-hybridized carbons (Fsp3) is 0.733. The highest BCUT2D eigenvalue weighted by Crippen LogP contribution is 2.21. The van der Waals surface area contributed by atoms with Gasteiger partial charge in [0.2, 0.25) is 5.91 Å². The van der Waals surface area contributed by atoms with Crippen LogP contribution in [0.3, 0.4) is 0 Å². The summed E-state index contributed by atoms with van der Waals surface area (Å²) in [5, 5.41) is 5.49. The average molecular weight is 310 g/mol. The fourth-order valence-corrected chi connectivity index (χ4v) is 3.29. The fourth-order valence-electron chi connectivity index (χ4n) is 2.59. The minimum absolute atomic E-state index is 0.124. The van der Waals surface area contributed by atoms with Gasteiger partial charge in [-0.3, -0.25) is 9.69 Å². The van der Waals surface area contributed by atoms with Crippen LogP contribution in [0.1, 0.15) is 39.3 Å². The Kier molecular flexibility index (Phi) is 5.72. The van der Waals surface area contributed by atoms with Gasteiger partial charge >= 0.3 is 0 Å². The van der Waals surface area contributed by atoms with Crippen LogP contribution in [-0.2, 0) is 11.3 Å². The molecule has 118 valence electrons. The van der Waals surface area contributed by atoms with Gasteiger partial charge < -0.3 is 11.1 Å². The summed E-state index contributed by atoms with van der Waals surface area (Å²) in [5.74, 6) is 0.734. The van der Waals surface area contributed by atoms with Crippen LogP contribution in [-0.4, -0.2) is 34.9 Å². The van der Waals surface area contributed by atoms with E-state index in [0.717, 1.165) is 31.2 Å². The van der Waals surface area contributed by atoms with E-state index in [0.29, 0.717) is 5.13 Å². The third-order valence-electron chi connectivity index (χ3n) is 3.93. The second kappa shape index (κ2) is 7.33. The Morgan fingerprint density at radius 3 is 3.05 bits per heavy atom. The van der Waals surface area contributed by atoms with Gasteiger partial charge in [0.05, 0.1) is 11.7 Å². The molecule has 6 heteroatoms. The van der Waals surface area contributed by atoms with Crippen molar-refractivity contribution in [3.63, 3.8) is 0 Å². The molecule has 2 heterocycles. The van der Waals surface area contributed by atoms with Crippen LogP contribution in [0.15, 0.2) is 5.38 Å². The summed E-state index contributed by atoms with van der Waals surface area (Å²) in [7, 11) is 0. The van der Waals surface area contributed by atoms with Crippen molar-refractivity contribution in [2.75, 3.05) is 18.4 Å². The monoisotopic (exact) mass is 310 g/mol. The first-order valence-corrected chi connectivity index (χ1v) is 8.57. The summed E-state index contributed by atoms with van der Waals surface area (Å²) < 4.78 is 0. The Labute approximate surface area is 130 Å². The Balaban J connectivity index is 1.88. The summed E-state index contributed by atoms with van der Waals surface area (Å²) in [6, 6.07) is -0.486. The highest BCUT2D eigenvalue weighted by Gasteiger charge is 2.20. The molecule has 1 aromatic heterocycles. The molecule has 1 saturated heterocycles. The Hall–Kier alpha value is -0.980. The Morgan fingerprint density at radius 2 is 2.38 bits per heavy atom. The lowest BCUT2D eigenvalue weighted by Crippen LogP contribution is -2.39. The minimum atomic E-state index is -0.486. The topological polar surface area (TPSA) is 71.2 Å². The first kappa shape index (κ1) is 16.4. The molecule has 21 heavy (non-hydrogen) atoms. The van der Waals surface area contributed by atoms with Gasteiger partial charge in [-0.2, -0.15) is 0 Å².